The van der Waals surface area contributed by atoms with Crippen molar-refractivity contribution in [3.8, 4) is 17.1 Å². The van der Waals surface area contributed by atoms with Crippen LogP contribution in [-0.4, -0.2) is 66.0 Å². The van der Waals surface area contributed by atoms with Crippen LogP contribution in [0, 0.1) is 0 Å². The Morgan fingerprint density at radius 3 is 2.50 bits per heavy atom. The van der Waals surface area contributed by atoms with E-state index < -0.39 is 84.0 Å². The number of anilines is 1. The SMILES string of the molecule is O=c1[nH]cc(-c2cc(N3C[C@H](Oc4cc5c(cn4)cnn5CC(F)(F)F)C(F)(F)C3)nc(C(F)(F)F)n2)c(=O)[nH]1. The Bertz CT molecular complexity index is 1690. The zero-order valence-corrected chi connectivity index (χ0v) is 19.5. The van der Waals surface area contributed by atoms with Crippen molar-refractivity contribution in [2.75, 3.05) is 18.0 Å². The van der Waals surface area contributed by atoms with Crippen LogP contribution in [0.25, 0.3) is 22.2 Å². The van der Waals surface area contributed by atoms with Crippen LogP contribution >= 0.6 is 0 Å². The number of halogens is 8. The van der Waals surface area contributed by atoms with Crippen LogP contribution < -0.4 is 20.9 Å². The van der Waals surface area contributed by atoms with Gasteiger partial charge in [-0.25, -0.2) is 28.5 Å². The molecule has 4 aromatic rings. The minimum atomic E-state index is -5.13. The van der Waals surface area contributed by atoms with Gasteiger partial charge in [0.15, 0.2) is 6.10 Å². The summed E-state index contributed by atoms with van der Waals surface area (Å²) in [6.45, 7) is -3.34. The number of fused-ring (bicyclic) bond motifs is 1. The molecule has 1 fully saturated rings. The van der Waals surface area contributed by atoms with Gasteiger partial charge < -0.3 is 14.6 Å². The number of nitrogens with one attached hydrogen (secondary N) is 2. The molecule has 5 rings (SSSR count). The number of aromatic nitrogens is 7. The summed E-state index contributed by atoms with van der Waals surface area (Å²) in [5.41, 5.74) is -3.21. The highest BCUT2D eigenvalue weighted by Crippen LogP contribution is 2.36. The minimum absolute atomic E-state index is 0.0955. The van der Waals surface area contributed by atoms with Gasteiger partial charge in [-0.2, -0.15) is 31.4 Å². The summed E-state index contributed by atoms with van der Waals surface area (Å²) in [7, 11) is 0. The third-order valence-electron chi connectivity index (χ3n) is 5.74. The smallest absolute Gasteiger partial charge is 0.451 e. The first-order chi connectivity index (χ1) is 18.6. The standard InChI is InChI=1S/C21H14F8N8O3/c22-19(23)7-36(6-13(19)40-15-2-12-9(3-30-15)4-32-37(12)8-20(24,25)26)14-1-11(33-17(34-14)21(27,28)29)10-5-31-18(39)35-16(10)38/h1-5,13H,6-8H2,(H2,31,35,38,39)/t13-/m0/s1. The Labute approximate surface area is 215 Å². The second-order valence-corrected chi connectivity index (χ2v) is 8.67. The lowest BCUT2D eigenvalue weighted by Crippen LogP contribution is -2.36. The zero-order chi connectivity index (χ0) is 29.0. The van der Waals surface area contributed by atoms with E-state index in [1.54, 1.807) is 0 Å². The predicted molar refractivity (Wildman–Crippen MR) is 119 cm³/mol. The highest BCUT2D eigenvalue weighted by molar-refractivity contribution is 5.78. The summed E-state index contributed by atoms with van der Waals surface area (Å²) in [6.07, 6.45) is -8.76. The first-order valence-corrected chi connectivity index (χ1v) is 11.1. The highest BCUT2D eigenvalue weighted by atomic mass is 19.4. The highest BCUT2D eigenvalue weighted by Gasteiger charge is 2.51. The number of nitrogens with zero attached hydrogens (tertiary/aromatic N) is 6. The fourth-order valence-electron chi connectivity index (χ4n) is 3.97. The van der Waals surface area contributed by atoms with E-state index in [-0.39, 0.29) is 10.9 Å². The quantitative estimate of drug-likeness (QED) is 0.346. The molecular formula is C21H14F8N8O3. The topological polar surface area (TPSA) is 135 Å². The number of aromatic amines is 2. The van der Waals surface area contributed by atoms with Crippen LogP contribution in [0.3, 0.4) is 0 Å². The minimum Gasteiger partial charge on any atom is -0.466 e. The molecule has 1 saturated heterocycles. The van der Waals surface area contributed by atoms with E-state index in [2.05, 4.69) is 25.0 Å². The lowest BCUT2D eigenvalue weighted by molar-refractivity contribution is -0.145. The average molecular weight is 578 g/mol. The normalized spacial score (nSPS) is 17.5. The van der Waals surface area contributed by atoms with Gasteiger partial charge in [-0.05, 0) is 0 Å². The van der Waals surface area contributed by atoms with E-state index in [4.69, 9.17) is 4.74 Å². The fourth-order valence-corrected chi connectivity index (χ4v) is 3.97. The van der Waals surface area contributed by atoms with Gasteiger partial charge in [0.05, 0.1) is 36.1 Å². The molecule has 0 aromatic carbocycles. The van der Waals surface area contributed by atoms with Crippen molar-refractivity contribution in [3.05, 3.63) is 57.4 Å². The van der Waals surface area contributed by atoms with E-state index in [1.807, 2.05) is 4.98 Å². The zero-order valence-electron chi connectivity index (χ0n) is 19.5. The molecule has 0 aliphatic carbocycles. The van der Waals surface area contributed by atoms with Crippen molar-refractivity contribution in [1.82, 2.24) is 34.7 Å². The van der Waals surface area contributed by atoms with Gasteiger partial charge in [0.25, 0.3) is 5.56 Å². The molecule has 4 aromatic heterocycles. The summed E-state index contributed by atoms with van der Waals surface area (Å²) in [5, 5.41) is 3.78. The molecule has 0 unspecified atom stereocenters. The molecule has 0 amide bonds. The molecule has 0 saturated carbocycles. The molecule has 0 bridgehead atoms. The third kappa shape index (κ3) is 5.43. The number of ether oxygens (including phenoxy) is 1. The average Bonchev–Trinajstić information content (AvgIpc) is 3.36. The van der Waals surface area contributed by atoms with E-state index in [9.17, 15) is 44.7 Å². The summed E-state index contributed by atoms with van der Waals surface area (Å²) < 4.78 is 115. The Morgan fingerprint density at radius 1 is 1.07 bits per heavy atom. The molecule has 40 heavy (non-hydrogen) atoms. The first kappa shape index (κ1) is 27.0. The summed E-state index contributed by atoms with van der Waals surface area (Å²) >= 11 is 0. The van der Waals surface area contributed by atoms with Gasteiger partial charge in [-0.1, -0.05) is 0 Å². The monoisotopic (exact) mass is 578 g/mol. The van der Waals surface area contributed by atoms with Gasteiger partial charge in [0.1, 0.15) is 12.4 Å². The molecule has 212 valence electrons. The van der Waals surface area contributed by atoms with E-state index in [0.29, 0.717) is 4.68 Å². The van der Waals surface area contributed by atoms with Crippen LogP contribution in [0.4, 0.5) is 40.9 Å². The number of hydrogen-bond donors (Lipinski definition) is 2. The van der Waals surface area contributed by atoms with E-state index >= 15 is 0 Å². The summed E-state index contributed by atoms with van der Waals surface area (Å²) in [6, 6.07) is 1.84. The van der Waals surface area contributed by atoms with Crippen LogP contribution in [0.15, 0.2) is 40.3 Å². The van der Waals surface area contributed by atoms with E-state index in [0.717, 1.165) is 35.6 Å². The Kier molecular flexibility index (Phi) is 6.25. The van der Waals surface area contributed by atoms with Crippen molar-refractivity contribution in [1.29, 1.82) is 0 Å². The largest absolute Gasteiger partial charge is 0.466 e. The van der Waals surface area contributed by atoms with Crippen molar-refractivity contribution in [3.63, 3.8) is 0 Å². The van der Waals surface area contributed by atoms with Crippen LogP contribution in [-0.2, 0) is 12.7 Å². The molecule has 0 radical (unpaired) electrons. The lowest BCUT2D eigenvalue weighted by Gasteiger charge is -2.19. The molecule has 1 atom stereocenters. The van der Waals surface area contributed by atoms with Crippen molar-refractivity contribution in [2.24, 2.45) is 0 Å². The molecule has 11 nitrogen and oxygen atoms in total. The van der Waals surface area contributed by atoms with Gasteiger partial charge >= 0.3 is 24.0 Å². The van der Waals surface area contributed by atoms with E-state index in [1.165, 1.54) is 0 Å². The van der Waals surface area contributed by atoms with Gasteiger partial charge in [0.2, 0.25) is 11.7 Å². The number of alkyl halides is 8. The molecule has 19 heteroatoms. The molecule has 1 aliphatic rings. The predicted octanol–water partition coefficient (Wildman–Crippen LogP) is 2.75. The summed E-state index contributed by atoms with van der Waals surface area (Å²) in [5.74, 6) is -6.51. The molecule has 1 aliphatic heterocycles. The number of rotatable bonds is 5. The van der Waals surface area contributed by atoms with Crippen molar-refractivity contribution >= 4 is 16.7 Å². The molecule has 0 spiro atoms. The Balaban J connectivity index is 1.46. The van der Waals surface area contributed by atoms with Gasteiger partial charge in [-0.15, -0.1) is 0 Å². The number of H-pyrrole nitrogens is 2. The van der Waals surface area contributed by atoms with Crippen molar-refractivity contribution in [2.45, 2.75) is 30.9 Å². The third-order valence-corrected chi connectivity index (χ3v) is 5.74. The molecule has 5 heterocycles. The second kappa shape index (κ2) is 9.26. The first-order valence-electron chi connectivity index (χ1n) is 11.1. The molecule has 2 N–H and O–H groups in total. The van der Waals surface area contributed by atoms with Gasteiger partial charge in [0, 0.05) is 29.9 Å². The lowest BCUT2D eigenvalue weighted by atomic mass is 10.2. The second-order valence-electron chi connectivity index (χ2n) is 8.67. The maximum Gasteiger partial charge on any atom is 0.451 e. The summed E-state index contributed by atoms with van der Waals surface area (Å²) in [4.78, 5) is 38.5. The Hall–Kier alpha value is -4.58. The fraction of sp³-hybridized carbons (Fsp3) is 0.333. The van der Waals surface area contributed by atoms with Crippen LogP contribution in [0.2, 0.25) is 0 Å². The Morgan fingerprint density at radius 2 is 1.82 bits per heavy atom. The van der Waals surface area contributed by atoms with Crippen LogP contribution in [0.5, 0.6) is 5.88 Å². The van der Waals surface area contributed by atoms with Gasteiger partial charge in [-0.3, -0.25) is 14.5 Å². The molecular weight excluding hydrogens is 564 g/mol. The number of hydrogen-bond acceptors (Lipinski definition) is 8. The van der Waals surface area contributed by atoms with Crippen molar-refractivity contribution < 1.29 is 39.9 Å². The maximum absolute atomic E-state index is 14.9. The maximum atomic E-state index is 14.9. The number of pyridine rings is 1. The van der Waals surface area contributed by atoms with Crippen LogP contribution in [0.1, 0.15) is 5.82 Å².